The first-order valence-electron chi connectivity index (χ1n) is 5.35. The molecule has 5 nitrogen and oxygen atoms in total. The highest BCUT2D eigenvalue weighted by Gasteiger charge is 2.17. The largest absolute Gasteiger partial charge is 0.444 e. The van der Waals surface area contributed by atoms with E-state index in [1.807, 2.05) is 20.8 Å². The Morgan fingerprint density at radius 2 is 2.18 bits per heavy atom. The van der Waals surface area contributed by atoms with Crippen molar-refractivity contribution in [2.45, 2.75) is 33.0 Å². The van der Waals surface area contributed by atoms with Gasteiger partial charge in [-0.3, -0.25) is 10.3 Å². The molecule has 0 bridgehead atoms. The van der Waals surface area contributed by atoms with Gasteiger partial charge in [-0.15, -0.1) is 0 Å². The lowest BCUT2D eigenvalue weighted by atomic mass is 10.2. The number of nitrogens with zero attached hydrogens (tertiary/aromatic N) is 1. The zero-order valence-electron chi connectivity index (χ0n) is 10.6. The molecule has 5 heteroatoms. The van der Waals surface area contributed by atoms with Crippen LogP contribution in [0.1, 0.15) is 26.5 Å². The highest BCUT2D eigenvalue weighted by molar-refractivity contribution is 5.85. The van der Waals surface area contributed by atoms with Gasteiger partial charge in [-0.1, -0.05) is 0 Å². The fourth-order valence-electron chi connectivity index (χ4n) is 1.22. The number of hydrogen-bond acceptors (Lipinski definition) is 4. The van der Waals surface area contributed by atoms with Gasteiger partial charge in [-0.05, 0) is 32.9 Å². The first-order chi connectivity index (χ1) is 7.92. The van der Waals surface area contributed by atoms with Crippen molar-refractivity contribution < 1.29 is 14.3 Å². The second-order valence-corrected chi connectivity index (χ2v) is 4.56. The van der Waals surface area contributed by atoms with Crippen molar-refractivity contribution in [1.29, 1.82) is 0 Å². The topological polar surface area (TPSA) is 60.5 Å². The van der Waals surface area contributed by atoms with E-state index in [1.54, 1.807) is 25.4 Å². The van der Waals surface area contributed by atoms with Gasteiger partial charge in [0.2, 0.25) is 0 Å². The highest BCUT2D eigenvalue weighted by Crippen LogP contribution is 2.15. The van der Waals surface area contributed by atoms with Crippen molar-refractivity contribution in [2.24, 2.45) is 0 Å². The third-order valence-electron chi connectivity index (χ3n) is 1.81. The predicted molar refractivity (Wildman–Crippen MR) is 64.8 cm³/mol. The summed E-state index contributed by atoms with van der Waals surface area (Å²) in [4.78, 5) is 15.7. The average molecular weight is 238 g/mol. The number of carbonyl (C=O) groups excluding carboxylic acids is 1. The molecule has 1 N–H and O–H groups in total. The van der Waals surface area contributed by atoms with E-state index < -0.39 is 11.7 Å². The van der Waals surface area contributed by atoms with Crippen molar-refractivity contribution in [3.05, 3.63) is 24.0 Å². The number of pyridine rings is 1. The Morgan fingerprint density at radius 3 is 2.76 bits per heavy atom. The molecular weight excluding hydrogens is 220 g/mol. The van der Waals surface area contributed by atoms with Crippen LogP contribution in [0.25, 0.3) is 0 Å². The first-order valence-corrected chi connectivity index (χ1v) is 5.35. The van der Waals surface area contributed by atoms with E-state index in [0.29, 0.717) is 18.0 Å². The Bertz CT molecular complexity index is 386. The van der Waals surface area contributed by atoms with Crippen LogP contribution in [0, 0.1) is 0 Å². The number of carbonyl (C=O) groups is 1. The minimum Gasteiger partial charge on any atom is -0.444 e. The molecule has 0 atom stereocenters. The van der Waals surface area contributed by atoms with E-state index in [-0.39, 0.29) is 0 Å². The van der Waals surface area contributed by atoms with E-state index in [2.05, 4.69) is 10.3 Å². The molecule has 0 saturated heterocycles. The number of nitrogens with one attached hydrogen (secondary N) is 1. The van der Waals surface area contributed by atoms with Gasteiger partial charge in [0, 0.05) is 13.3 Å². The molecule has 1 rings (SSSR count). The molecule has 1 amide bonds. The summed E-state index contributed by atoms with van der Waals surface area (Å²) >= 11 is 0. The molecule has 0 aliphatic carbocycles. The molecule has 0 aliphatic heterocycles. The smallest absolute Gasteiger partial charge is 0.412 e. The first kappa shape index (κ1) is 13.4. The van der Waals surface area contributed by atoms with E-state index in [4.69, 9.17) is 9.47 Å². The predicted octanol–water partition coefficient (Wildman–Crippen LogP) is 2.58. The minimum absolute atomic E-state index is 0.339. The number of anilines is 1. The molecule has 0 fully saturated rings. The maximum atomic E-state index is 11.6. The minimum atomic E-state index is -0.520. The van der Waals surface area contributed by atoms with E-state index in [0.717, 1.165) is 0 Å². The molecule has 0 spiro atoms. The fourth-order valence-corrected chi connectivity index (χ4v) is 1.22. The van der Waals surface area contributed by atoms with Crippen LogP contribution in [0.15, 0.2) is 18.3 Å². The molecule has 0 aromatic carbocycles. The molecule has 0 aliphatic rings. The number of aromatic nitrogens is 1. The van der Waals surface area contributed by atoms with E-state index in [1.165, 1.54) is 0 Å². The lowest BCUT2D eigenvalue weighted by molar-refractivity contribution is 0.0635. The van der Waals surface area contributed by atoms with Crippen molar-refractivity contribution >= 4 is 11.8 Å². The van der Waals surface area contributed by atoms with Crippen LogP contribution in [-0.4, -0.2) is 23.8 Å². The number of ether oxygens (including phenoxy) is 2. The summed E-state index contributed by atoms with van der Waals surface area (Å²) in [5, 5.41) is 2.65. The molecule has 94 valence electrons. The summed E-state index contributed by atoms with van der Waals surface area (Å²) in [5.41, 5.74) is 0.748. The third kappa shape index (κ3) is 4.82. The summed E-state index contributed by atoms with van der Waals surface area (Å²) in [6, 6.07) is 3.50. The maximum Gasteiger partial charge on any atom is 0.412 e. The SMILES string of the molecule is COCc1ncccc1NC(=O)OC(C)(C)C. The maximum absolute atomic E-state index is 11.6. The van der Waals surface area contributed by atoms with Crippen LogP contribution in [-0.2, 0) is 16.1 Å². The van der Waals surface area contributed by atoms with Crippen LogP contribution in [0.3, 0.4) is 0 Å². The Balaban J connectivity index is 2.71. The molecular formula is C12H18N2O3. The van der Waals surface area contributed by atoms with Crippen LogP contribution in [0.2, 0.25) is 0 Å². The average Bonchev–Trinajstić information content (AvgIpc) is 2.18. The summed E-state index contributed by atoms with van der Waals surface area (Å²) in [6.07, 6.45) is 1.15. The quantitative estimate of drug-likeness (QED) is 0.879. The highest BCUT2D eigenvalue weighted by atomic mass is 16.6. The van der Waals surface area contributed by atoms with Crippen molar-refractivity contribution in [3.63, 3.8) is 0 Å². The lowest BCUT2D eigenvalue weighted by Crippen LogP contribution is -2.27. The van der Waals surface area contributed by atoms with Crippen molar-refractivity contribution in [2.75, 3.05) is 12.4 Å². The fraction of sp³-hybridized carbons (Fsp3) is 0.500. The standard InChI is InChI=1S/C12H18N2O3/c1-12(2,3)17-11(15)14-9-6-5-7-13-10(9)8-16-4/h5-7H,8H2,1-4H3,(H,14,15). The number of rotatable bonds is 3. The van der Waals surface area contributed by atoms with Gasteiger partial charge in [-0.2, -0.15) is 0 Å². The Kier molecular flexibility index (Phi) is 4.45. The number of hydrogen-bond donors (Lipinski definition) is 1. The number of methoxy groups -OCH3 is 1. The Hall–Kier alpha value is -1.62. The summed E-state index contributed by atoms with van der Waals surface area (Å²) in [5.74, 6) is 0. The zero-order chi connectivity index (χ0) is 12.9. The zero-order valence-corrected chi connectivity index (χ0v) is 10.6. The molecule has 0 saturated carbocycles. The molecule has 1 heterocycles. The lowest BCUT2D eigenvalue weighted by Gasteiger charge is -2.20. The van der Waals surface area contributed by atoms with Crippen LogP contribution in [0.5, 0.6) is 0 Å². The summed E-state index contributed by atoms with van der Waals surface area (Å²) in [7, 11) is 1.58. The van der Waals surface area contributed by atoms with Gasteiger partial charge in [0.15, 0.2) is 0 Å². The van der Waals surface area contributed by atoms with Crippen LogP contribution >= 0.6 is 0 Å². The van der Waals surface area contributed by atoms with Gasteiger partial charge in [-0.25, -0.2) is 4.79 Å². The third-order valence-corrected chi connectivity index (χ3v) is 1.81. The molecule has 17 heavy (non-hydrogen) atoms. The van der Waals surface area contributed by atoms with Crippen LogP contribution < -0.4 is 5.32 Å². The number of amides is 1. The summed E-state index contributed by atoms with van der Waals surface area (Å²) in [6.45, 7) is 5.77. The Morgan fingerprint density at radius 1 is 1.47 bits per heavy atom. The van der Waals surface area contributed by atoms with Crippen molar-refractivity contribution in [1.82, 2.24) is 4.98 Å². The molecule has 0 unspecified atom stereocenters. The summed E-state index contributed by atoms with van der Waals surface area (Å²) < 4.78 is 10.2. The normalized spacial score (nSPS) is 11.1. The van der Waals surface area contributed by atoms with Gasteiger partial charge in [0.25, 0.3) is 0 Å². The van der Waals surface area contributed by atoms with Gasteiger partial charge in [0.05, 0.1) is 18.0 Å². The van der Waals surface area contributed by atoms with Crippen molar-refractivity contribution in [3.8, 4) is 0 Å². The van der Waals surface area contributed by atoms with Gasteiger partial charge < -0.3 is 9.47 Å². The van der Waals surface area contributed by atoms with E-state index >= 15 is 0 Å². The van der Waals surface area contributed by atoms with Gasteiger partial charge in [0.1, 0.15) is 5.60 Å². The van der Waals surface area contributed by atoms with E-state index in [9.17, 15) is 4.79 Å². The monoisotopic (exact) mass is 238 g/mol. The van der Waals surface area contributed by atoms with Crippen LogP contribution in [0.4, 0.5) is 10.5 Å². The molecule has 1 aromatic rings. The Labute approximate surface area is 101 Å². The second kappa shape index (κ2) is 5.63. The molecule has 0 radical (unpaired) electrons. The second-order valence-electron chi connectivity index (χ2n) is 4.56. The molecule has 1 aromatic heterocycles. The van der Waals surface area contributed by atoms with Gasteiger partial charge >= 0.3 is 6.09 Å².